The summed E-state index contributed by atoms with van der Waals surface area (Å²) in [5.74, 6) is 0.377. The number of methoxy groups -OCH3 is 2. The van der Waals surface area contributed by atoms with Gasteiger partial charge in [-0.05, 0) is 37.3 Å². The van der Waals surface area contributed by atoms with Gasteiger partial charge in [-0.3, -0.25) is 4.79 Å². The molecule has 0 spiro atoms. The van der Waals surface area contributed by atoms with Crippen molar-refractivity contribution in [3.63, 3.8) is 0 Å². The van der Waals surface area contributed by atoms with Crippen LogP contribution in [0.4, 0.5) is 0 Å². The van der Waals surface area contributed by atoms with Crippen molar-refractivity contribution in [1.82, 2.24) is 15.0 Å². The number of benzene rings is 2. The van der Waals surface area contributed by atoms with E-state index < -0.39 is 0 Å². The molecule has 0 aliphatic carbocycles. The summed E-state index contributed by atoms with van der Waals surface area (Å²) >= 11 is 0. The Labute approximate surface area is 185 Å². The molecular weight excluding hydrogens is 410 g/mol. The van der Waals surface area contributed by atoms with Gasteiger partial charge in [-0.15, -0.1) is 0 Å². The van der Waals surface area contributed by atoms with Gasteiger partial charge in [0.2, 0.25) is 5.89 Å². The quantitative estimate of drug-likeness (QED) is 0.389. The third-order valence-corrected chi connectivity index (χ3v) is 5.18. The molecular formula is C24H25N3O5. The van der Waals surface area contributed by atoms with Gasteiger partial charge in [-0.1, -0.05) is 22.9 Å². The van der Waals surface area contributed by atoms with Gasteiger partial charge in [-0.25, -0.2) is 4.98 Å². The van der Waals surface area contributed by atoms with Crippen molar-refractivity contribution < 1.29 is 23.2 Å². The lowest BCUT2D eigenvalue weighted by Crippen LogP contribution is -2.36. The molecule has 0 N–H and O–H groups in total. The summed E-state index contributed by atoms with van der Waals surface area (Å²) in [5, 5.41) is 4.86. The van der Waals surface area contributed by atoms with Crippen molar-refractivity contribution >= 4 is 16.9 Å². The smallest absolute Gasteiger partial charge is 0.254 e. The van der Waals surface area contributed by atoms with Gasteiger partial charge in [0.25, 0.3) is 5.91 Å². The molecule has 0 aliphatic rings. The number of oxazole rings is 1. The zero-order valence-corrected chi connectivity index (χ0v) is 18.3. The molecule has 1 amide bonds. The van der Waals surface area contributed by atoms with E-state index in [1.807, 2.05) is 31.2 Å². The molecule has 32 heavy (non-hydrogen) atoms. The Morgan fingerprint density at radius 3 is 2.44 bits per heavy atom. The monoisotopic (exact) mass is 435 g/mol. The summed E-state index contributed by atoms with van der Waals surface area (Å²) in [4.78, 5) is 19.4. The standard InChI is InChI=1S/C24H25N3O5/c1-16-4-6-17(7-5-16)23-25-20(15-31-23)22-19-14-18(8-9-21(19)32-26-22)24(28)27(10-12-29-2)11-13-30-3/h4-9,14-15H,10-13H2,1-3H3. The first kappa shape index (κ1) is 21.7. The first-order valence-corrected chi connectivity index (χ1v) is 10.3. The number of aryl methyl sites for hydroxylation is 1. The molecule has 2 aromatic heterocycles. The van der Waals surface area contributed by atoms with Crippen LogP contribution in [-0.2, 0) is 9.47 Å². The summed E-state index contributed by atoms with van der Waals surface area (Å²) in [7, 11) is 3.22. The number of hydrogen-bond acceptors (Lipinski definition) is 7. The summed E-state index contributed by atoms with van der Waals surface area (Å²) < 4.78 is 21.4. The Kier molecular flexibility index (Phi) is 6.63. The Hall–Kier alpha value is -3.49. The Morgan fingerprint density at radius 2 is 1.75 bits per heavy atom. The lowest BCUT2D eigenvalue weighted by Gasteiger charge is -2.22. The van der Waals surface area contributed by atoms with E-state index in [-0.39, 0.29) is 5.91 Å². The van der Waals surface area contributed by atoms with Gasteiger partial charge >= 0.3 is 0 Å². The topological polar surface area (TPSA) is 90.8 Å². The van der Waals surface area contributed by atoms with E-state index in [1.165, 1.54) is 0 Å². The normalized spacial score (nSPS) is 11.2. The molecule has 0 bridgehead atoms. The number of fused-ring (bicyclic) bond motifs is 1. The zero-order valence-electron chi connectivity index (χ0n) is 18.3. The van der Waals surface area contributed by atoms with Crippen molar-refractivity contribution in [3.05, 3.63) is 59.9 Å². The van der Waals surface area contributed by atoms with E-state index in [0.717, 1.165) is 11.1 Å². The van der Waals surface area contributed by atoms with Gasteiger partial charge in [0, 0.05) is 38.4 Å². The summed E-state index contributed by atoms with van der Waals surface area (Å²) in [5.41, 5.74) is 4.19. The first-order valence-electron chi connectivity index (χ1n) is 10.3. The molecule has 8 nitrogen and oxygen atoms in total. The van der Waals surface area contributed by atoms with Crippen LogP contribution in [0, 0.1) is 6.92 Å². The highest BCUT2D eigenvalue weighted by molar-refractivity contribution is 6.00. The maximum absolute atomic E-state index is 13.1. The zero-order chi connectivity index (χ0) is 22.5. The van der Waals surface area contributed by atoms with Gasteiger partial charge in [0.05, 0.1) is 18.6 Å². The molecule has 2 aromatic carbocycles. The van der Waals surface area contributed by atoms with Crippen molar-refractivity contribution in [2.75, 3.05) is 40.5 Å². The van der Waals surface area contributed by atoms with E-state index in [0.29, 0.717) is 60.1 Å². The first-order chi connectivity index (χ1) is 15.6. The number of aromatic nitrogens is 2. The summed E-state index contributed by atoms with van der Waals surface area (Å²) in [6.45, 7) is 3.84. The number of carbonyl (C=O) groups is 1. The third-order valence-electron chi connectivity index (χ3n) is 5.18. The van der Waals surface area contributed by atoms with Crippen LogP contribution in [0.1, 0.15) is 15.9 Å². The van der Waals surface area contributed by atoms with E-state index in [1.54, 1.807) is 43.6 Å². The molecule has 8 heteroatoms. The molecule has 2 heterocycles. The molecule has 4 aromatic rings. The Morgan fingerprint density at radius 1 is 1.03 bits per heavy atom. The van der Waals surface area contributed by atoms with E-state index in [4.69, 9.17) is 18.4 Å². The van der Waals surface area contributed by atoms with Crippen LogP contribution in [0.2, 0.25) is 0 Å². The van der Waals surface area contributed by atoms with Crippen LogP contribution in [-0.4, -0.2) is 61.5 Å². The summed E-state index contributed by atoms with van der Waals surface area (Å²) in [6, 6.07) is 13.2. The molecule has 4 rings (SSSR count). The van der Waals surface area contributed by atoms with Crippen molar-refractivity contribution in [1.29, 1.82) is 0 Å². The predicted octanol–water partition coefficient (Wildman–Crippen LogP) is 4.19. The Bertz CT molecular complexity index is 1190. The fourth-order valence-corrected chi connectivity index (χ4v) is 3.37. The van der Waals surface area contributed by atoms with Crippen LogP contribution >= 0.6 is 0 Å². The van der Waals surface area contributed by atoms with Crippen molar-refractivity contribution in [2.45, 2.75) is 6.92 Å². The number of nitrogens with zero attached hydrogens (tertiary/aromatic N) is 3. The number of hydrogen-bond donors (Lipinski definition) is 0. The fourth-order valence-electron chi connectivity index (χ4n) is 3.37. The highest BCUT2D eigenvalue weighted by Crippen LogP contribution is 2.30. The average molecular weight is 435 g/mol. The second kappa shape index (κ2) is 9.76. The van der Waals surface area contributed by atoms with Crippen molar-refractivity contribution in [2.24, 2.45) is 0 Å². The van der Waals surface area contributed by atoms with Crippen LogP contribution in [0.25, 0.3) is 33.8 Å². The molecule has 0 unspecified atom stereocenters. The van der Waals surface area contributed by atoms with Gasteiger partial charge < -0.3 is 23.3 Å². The van der Waals surface area contributed by atoms with Crippen molar-refractivity contribution in [3.8, 4) is 22.8 Å². The van der Waals surface area contributed by atoms with Crippen LogP contribution < -0.4 is 0 Å². The second-order valence-electron chi connectivity index (χ2n) is 7.42. The molecule has 0 atom stereocenters. The molecule has 0 fully saturated rings. The van der Waals surface area contributed by atoms with Crippen LogP contribution in [0.15, 0.2) is 57.7 Å². The van der Waals surface area contributed by atoms with Crippen LogP contribution in [0.3, 0.4) is 0 Å². The third kappa shape index (κ3) is 4.56. The maximum Gasteiger partial charge on any atom is 0.254 e. The maximum atomic E-state index is 13.1. The summed E-state index contributed by atoms with van der Waals surface area (Å²) in [6.07, 6.45) is 1.55. The van der Waals surface area contributed by atoms with E-state index >= 15 is 0 Å². The lowest BCUT2D eigenvalue weighted by molar-refractivity contribution is 0.0627. The van der Waals surface area contributed by atoms with Crippen LogP contribution in [0.5, 0.6) is 0 Å². The molecule has 0 saturated carbocycles. The van der Waals surface area contributed by atoms with E-state index in [9.17, 15) is 4.79 Å². The molecule has 0 radical (unpaired) electrons. The number of rotatable bonds is 9. The SMILES string of the molecule is COCCN(CCOC)C(=O)c1ccc2onc(-c3coc(-c4ccc(C)cc4)n3)c2c1. The van der Waals surface area contributed by atoms with Gasteiger partial charge in [-0.2, -0.15) is 0 Å². The number of amides is 1. The van der Waals surface area contributed by atoms with E-state index in [2.05, 4.69) is 10.1 Å². The minimum Gasteiger partial charge on any atom is -0.444 e. The average Bonchev–Trinajstić information content (AvgIpc) is 3.46. The second-order valence-corrected chi connectivity index (χ2v) is 7.42. The highest BCUT2D eigenvalue weighted by atomic mass is 16.5. The minimum absolute atomic E-state index is 0.117. The van der Waals surface area contributed by atoms with Gasteiger partial charge in [0.1, 0.15) is 17.7 Å². The molecule has 166 valence electrons. The predicted molar refractivity (Wildman–Crippen MR) is 119 cm³/mol. The van der Waals surface area contributed by atoms with Gasteiger partial charge in [0.15, 0.2) is 5.58 Å². The fraction of sp³-hybridized carbons (Fsp3) is 0.292. The highest BCUT2D eigenvalue weighted by Gasteiger charge is 2.20. The minimum atomic E-state index is -0.117. The number of carbonyl (C=O) groups excluding carboxylic acids is 1. The molecule has 0 saturated heterocycles. The largest absolute Gasteiger partial charge is 0.444 e. The Balaban J connectivity index is 1.64. The lowest BCUT2D eigenvalue weighted by atomic mass is 10.1. The number of ether oxygens (including phenoxy) is 2. The molecule has 0 aliphatic heterocycles.